The fourth-order valence-electron chi connectivity index (χ4n) is 2.97. The van der Waals surface area contributed by atoms with Crippen LogP contribution >= 0.6 is 0 Å². The summed E-state index contributed by atoms with van der Waals surface area (Å²) in [6, 6.07) is -1.50. The van der Waals surface area contributed by atoms with E-state index in [2.05, 4.69) is 5.32 Å². The second-order valence-electron chi connectivity index (χ2n) is 6.64. The molecule has 2 amide bonds. The SMILES string of the molecule is CCOC(=O)[C@H](C)NC(=O)CONC(=O)C(O)[C@H](N)CC1CCCCC1. The summed E-state index contributed by atoms with van der Waals surface area (Å²) in [6.45, 7) is 2.85. The van der Waals surface area contributed by atoms with Gasteiger partial charge in [0.05, 0.1) is 6.61 Å². The third-order valence-electron chi connectivity index (χ3n) is 4.40. The van der Waals surface area contributed by atoms with Crippen molar-refractivity contribution in [1.29, 1.82) is 0 Å². The second kappa shape index (κ2) is 11.8. The number of esters is 1. The molecule has 3 atom stereocenters. The molecule has 1 aliphatic rings. The largest absolute Gasteiger partial charge is 0.464 e. The van der Waals surface area contributed by atoms with Gasteiger partial charge in [-0.2, -0.15) is 0 Å². The average molecular weight is 373 g/mol. The lowest BCUT2D eigenvalue weighted by molar-refractivity contribution is -0.150. The number of hydroxylamine groups is 1. The van der Waals surface area contributed by atoms with E-state index in [0.29, 0.717) is 12.3 Å². The van der Waals surface area contributed by atoms with Crippen molar-refractivity contribution >= 4 is 17.8 Å². The van der Waals surface area contributed by atoms with Crippen LogP contribution in [0.25, 0.3) is 0 Å². The van der Waals surface area contributed by atoms with Crippen molar-refractivity contribution < 1.29 is 29.1 Å². The van der Waals surface area contributed by atoms with Crippen molar-refractivity contribution in [1.82, 2.24) is 10.8 Å². The van der Waals surface area contributed by atoms with Gasteiger partial charge in [0.2, 0.25) is 5.91 Å². The number of amides is 2. The highest BCUT2D eigenvalue weighted by Gasteiger charge is 2.27. The Morgan fingerprint density at radius 2 is 1.88 bits per heavy atom. The van der Waals surface area contributed by atoms with Crippen molar-refractivity contribution in [2.45, 2.75) is 70.6 Å². The van der Waals surface area contributed by atoms with Crippen LogP contribution in [0, 0.1) is 5.92 Å². The molecular weight excluding hydrogens is 342 g/mol. The summed E-state index contributed by atoms with van der Waals surface area (Å²) in [4.78, 5) is 39.7. The van der Waals surface area contributed by atoms with Crippen LogP contribution in [0.5, 0.6) is 0 Å². The van der Waals surface area contributed by atoms with Gasteiger partial charge in [-0.3, -0.25) is 14.4 Å². The first-order valence-corrected chi connectivity index (χ1v) is 9.16. The summed E-state index contributed by atoms with van der Waals surface area (Å²) in [6.07, 6.45) is 4.84. The summed E-state index contributed by atoms with van der Waals surface area (Å²) < 4.78 is 4.76. The zero-order valence-corrected chi connectivity index (χ0v) is 15.5. The normalized spacial score (nSPS) is 18.5. The zero-order valence-electron chi connectivity index (χ0n) is 15.5. The fourth-order valence-corrected chi connectivity index (χ4v) is 2.97. The molecule has 1 rings (SSSR count). The van der Waals surface area contributed by atoms with Crippen LogP contribution in [0.15, 0.2) is 0 Å². The molecule has 0 aromatic carbocycles. The van der Waals surface area contributed by atoms with Crippen LogP contribution in [0.1, 0.15) is 52.4 Å². The number of ether oxygens (including phenoxy) is 1. The lowest BCUT2D eigenvalue weighted by Crippen LogP contribution is -2.48. The monoisotopic (exact) mass is 373 g/mol. The molecule has 1 fully saturated rings. The minimum Gasteiger partial charge on any atom is -0.464 e. The molecular formula is C17H31N3O6. The number of nitrogens with two attached hydrogens (primary N) is 1. The maximum absolute atomic E-state index is 11.9. The highest BCUT2D eigenvalue weighted by molar-refractivity contribution is 5.85. The zero-order chi connectivity index (χ0) is 19.5. The molecule has 0 aromatic heterocycles. The standard InChI is InChI=1S/C17H31N3O6/c1-3-25-17(24)11(2)19-14(21)10-26-20-16(23)15(22)13(18)9-12-7-5-4-6-8-12/h11-13,15,22H,3-10,18H2,1-2H3,(H,19,21)(H,20,23)/t11-,13+,15?/m0/s1. The Morgan fingerprint density at radius 1 is 1.23 bits per heavy atom. The van der Waals surface area contributed by atoms with Crippen molar-refractivity contribution in [3.8, 4) is 0 Å². The summed E-state index contributed by atoms with van der Waals surface area (Å²) in [5, 5.41) is 12.3. The van der Waals surface area contributed by atoms with Crippen molar-refractivity contribution in [3.05, 3.63) is 0 Å². The first kappa shape index (κ1) is 22.3. The van der Waals surface area contributed by atoms with E-state index in [9.17, 15) is 19.5 Å². The Balaban J connectivity index is 2.25. The number of carbonyl (C=O) groups is 3. The lowest BCUT2D eigenvalue weighted by Gasteiger charge is -2.26. The molecule has 5 N–H and O–H groups in total. The molecule has 9 nitrogen and oxygen atoms in total. The molecule has 0 saturated heterocycles. The predicted octanol–water partition coefficient (Wildman–Crippen LogP) is -0.239. The lowest BCUT2D eigenvalue weighted by atomic mass is 9.84. The molecule has 0 bridgehead atoms. The van der Waals surface area contributed by atoms with E-state index in [4.69, 9.17) is 15.3 Å². The van der Waals surface area contributed by atoms with Crippen molar-refractivity contribution in [2.75, 3.05) is 13.2 Å². The molecule has 0 radical (unpaired) electrons. The van der Waals surface area contributed by atoms with E-state index >= 15 is 0 Å². The van der Waals surface area contributed by atoms with Gasteiger partial charge in [-0.05, 0) is 26.2 Å². The minimum absolute atomic E-state index is 0.213. The van der Waals surface area contributed by atoms with Crippen molar-refractivity contribution in [2.24, 2.45) is 11.7 Å². The highest BCUT2D eigenvalue weighted by Crippen LogP contribution is 2.27. The van der Waals surface area contributed by atoms with E-state index in [1.807, 2.05) is 5.48 Å². The number of carbonyl (C=O) groups excluding carboxylic acids is 3. The van der Waals surface area contributed by atoms with E-state index in [0.717, 1.165) is 25.7 Å². The molecule has 9 heteroatoms. The van der Waals surface area contributed by atoms with Gasteiger partial charge in [0.25, 0.3) is 5.91 Å². The number of rotatable bonds is 10. The smallest absolute Gasteiger partial charge is 0.328 e. The third-order valence-corrected chi connectivity index (χ3v) is 4.40. The Kier molecular flexibility index (Phi) is 10.2. The number of hydrogen-bond donors (Lipinski definition) is 4. The van der Waals surface area contributed by atoms with Gasteiger partial charge in [-0.1, -0.05) is 32.1 Å². The third kappa shape index (κ3) is 8.11. The van der Waals surface area contributed by atoms with Crippen LogP contribution in [-0.4, -0.2) is 54.3 Å². The molecule has 0 aromatic rings. The van der Waals surface area contributed by atoms with Gasteiger partial charge >= 0.3 is 5.97 Å². The molecule has 1 unspecified atom stereocenters. The second-order valence-corrected chi connectivity index (χ2v) is 6.64. The number of hydrogen-bond acceptors (Lipinski definition) is 7. The quantitative estimate of drug-likeness (QED) is 0.306. The number of aliphatic hydroxyl groups is 1. The van der Waals surface area contributed by atoms with Crippen LogP contribution in [0.4, 0.5) is 0 Å². The molecule has 1 saturated carbocycles. The van der Waals surface area contributed by atoms with Gasteiger partial charge < -0.3 is 20.9 Å². The summed E-state index contributed by atoms with van der Waals surface area (Å²) in [5.74, 6) is -1.53. The van der Waals surface area contributed by atoms with E-state index in [1.54, 1.807) is 6.92 Å². The number of nitrogens with one attached hydrogen (secondary N) is 2. The van der Waals surface area contributed by atoms with Gasteiger partial charge in [-0.15, -0.1) is 0 Å². The van der Waals surface area contributed by atoms with Gasteiger partial charge in [0, 0.05) is 6.04 Å². The highest BCUT2D eigenvalue weighted by atomic mass is 16.7. The van der Waals surface area contributed by atoms with Crippen LogP contribution in [-0.2, 0) is 24.0 Å². The summed E-state index contributed by atoms with van der Waals surface area (Å²) in [5.41, 5.74) is 7.92. The fraction of sp³-hybridized carbons (Fsp3) is 0.824. The Hall–Kier alpha value is -1.71. The van der Waals surface area contributed by atoms with Gasteiger partial charge in [0.15, 0.2) is 6.61 Å². The average Bonchev–Trinajstić information content (AvgIpc) is 2.61. The van der Waals surface area contributed by atoms with E-state index in [-0.39, 0.29) is 6.61 Å². The molecule has 150 valence electrons. The maximum Gasteiger partial charge on any atom is 0.328 e. The minimum atomic E-state index is -1.40. The van der Waals surface area contributed by atoms with Gasteiger partial charge in [-0.25, -0.2) is 10.3 Å². The Morgan fingerprint density at radius 3 is 2.50 bits per heavy atom. The maximum atomic E-state index is 11.9. The summed E-state index contributed by atoms with van der Waals surface area (Å²) >= 11 is 0. The molecule has 0 spiro atoms. The first-order valence-electron chi connectivity index (χ1n) is 9.16. The Bertz CT molecular complexity index is 467. The van der Waals surface area contributed by atoms with E-state index < -0.39 is 42.6 Å². The molecule has 1 aliphatic carbocycles. The predicted molar refractivity (Wildman–Crippen MR) is 93.5 cm³/mol. The van der Waals surface area contributed by atoms with Crippen LogP contribution < -0.4 is 16.5 Å². The van der Waals surface area contributed by atoms with E-state index in [1.165, 1.54) is 13.3 Å². The van der Waals surface area contributed by atoms with Gasteiger partial charge in [0.1, 0.15) is 12.1 Å². The molecule has 0 heterocycles. The number of aliphatic hydroxyl groups excluding tert-OH is 1. The molecule has 26 heavy (non-hydrogen) atoms. The van der Waals surface area contributed by atoms with Crippen molar-refractivity contribution in [3.63, 3.8) is 0 Å². The topological polar surface area (TPSA) is 140 Å². The summed E-state index contributed by atoms with van der Waals surface area (Å²) in [7, 11) is 0. The molecule has 0 aliphatic heterocycles. The van der Waals surface area contributed by atoms with Crippen LogP contribution in [0.2, 0.25) is 0 Å². The Labute approximate surface area is 153 Å². The first-order chi connectivity index (χ1) is 12.3. The van der Waals surface area contributed by atoms with Crippen LogP contribution in [0.3, 0.4) is 0 Å².